The number of fused-ring (bicyclic) bond motifs is 1. The van der Waals surface area contributed by atoms with E-state index in [-0.39, 0.29) is 5.97 Å². The molecule has 1 aliphatic heterocycles. The van der Waals surface area contributed by atoms with Gasteiger partial charge < -0.3 is 10.1 Å². The average Bonchev–Trinajstić information content (AvgIpc) is 2.27. The van der Waals surface area contributed by atoms with Gasteiger partial charge in [0.1, 0.15) is 0 Å². The van der Waals surface area contributed by atoms with Gasteiger partial charge in [-0.05, 0) is 24.1 Å². The SMILES string of the molecule is COC(=O)c1cncc2c1CNCC2. The first-order chi connectivity index (χ1) is 6.83. The summed E-state index contributed by atoms with van der Waals surface area (Å²) in [6.07, 6.45) is 4.31. The summed E-state index contributed by atoms with van der Waals surface area (Å²) in [6, 6.07) is 0. The monoisotopic (exact) mass is 192 g/mol. The van der Waals surface area contributed by atoms with Gasteiger partial charge in [-0.2, -0.15) is 0 Å². The lowest BCUT2D eigenvalue weighted by Crippen LogP contribution is -2.26. The normalized spacial score (nSPS) is 14.6. The van der Waals surface area contributed by atoms with E-state index < -0.39 is 0 Å². The highest BCUT2D eigenvalue weighted by Crippen LogP contribution is 2.17. The summed E-state index contributed by atoms with van der Waals surface area (Å²) in [5.74, 6) is -0.307. The van der Waals surface area contributed by atoms with Crippen LogP contribution in [0, 0.1) is 0 Å². The number of nitrogens with zero attached hydrogens (tertiary/aromatic N) is 1. The van der Waals surface area contributed by atoms with Crippen LogP contribution in [-0.2, 0) is 17.7 Å². The number of rotatable bonds is 1. The Labute approximate surface area is 82.3 Å². The zero-order chi connectivity index (χ0) is 9.97. The van der Waals surface area contributed by atoms with Crippen molar-refractivity contribution in [3.63, 3.8) is 0 Å². The second-order valence-corrected chi connectivity index (χ2v) is 3.24. The summed E-state index contributed by atoms with van der Waals surface area (Å²) >= 11 is 0. The molecular weight excluding hydrogens is 180 g/mol. The number of carbonyl (C=O) groups is 1. The summed E-state index contributed by atoms with van der Waals surface area (Å²) in [7, 11) is 1.39. The van der Waals surface area contributed by atoms with Gasteiger partial charge in [-0.3, -0.25) is 4.98 Å². The zero-order valence-electron chi connectivity index (χ0n) is 8.04. The fourth-order valence-electron chi connectivity index (χ4n) is 1.68. The number of aromatic nitrogens is 1. The Morgan fingerprint density at radius 1 is 1.57 bits per heavy atom. The van der Waals surface area contributed by atoms with E-state index in [0.717, 1.165) is 30.6 Å². The van der Waals surface area contributed by atoms with Crippen molar-refractivity contribution in [1.29, 1.82) is 0 Å². The van der Waals surface area contributed by atoms with Gasteiger partial charge in [-0.25, -0.2) is 4.79 Å². The molecule has 0 spiro atoms. The molecule has 0 fully saturated rings. The maximum atomic E-state index is 11.4. The molecule has 0 atom stereocenters. The first kappa shape index (κ1) is 9.15. The Morgan fingerprint density at radius 3 is 3.21 bits per heavy atom. The van der Waals surface area contributed by atoms with E-state index in [4.69, 9.17) is 4.74 Å². The number of pyridine rings is 1. The molecule has 0 bridgehead atoms. The lowest BCUT2D eigenvalue weighted by Gasteiger charge is -2.18. The molecule has 0 radical (unpaired) electrons. The van der Waals surface area contributed by atoms with E-state index in [0.29, 0.717) is 5.56 Å². The third-order valence-corrected chi connectivity index (χ3v) is 2.42. The van der Waals surface area contributed by atoms with Gasteiger partial charge >= 0.3 is 5.97 Å². The molecule has 2 heterocycles. The first-order valence-corrected chi connectivity index (χ1v) is 4.57. The van der Waals surface area contributed by atoms with Crippen LogP contribution < -0.4 is 5.32 Å². The van der Waals surface area contributed by atoms with Gasteiger partial charge in [0.2, 0.25) is 0 Å². The van der Waals surface area contributed by atoms with Crippen LogP contribution in [0.2, 0.25) is 0 Å². The van der Waals surface area contributed by atoms with Crippen LogP contribution >= 0.6 is 0 Å². The molecule has 0 amide bonds. The minimum Gasteiger partial charge on any atom is -0.465 e. The Hall–Kier alpha value is -1.42. The zero-order valence-corrected chi connectivity index (χ0v) is 8.04. The standard InChI is InChI=1S/C10H12N2O2/c1-14-10(13)9-6-12-4-7-2-3-11-5-8(7)9/h4,6,11H,2-3,5H2,1H3. The number of hydrogen-bond donors (Lipinski definition) is 1. The molecule has 1 aromatic heterocycles. The molecule has 74 valence electrons. The van der Waals surface area contributed by atoms with Gasteiger partial charge in [-0.15, -0.1) is 0 Å². The Bertz CT molecular complexity index is 363. The highest BCUT2D eigenvalue weighted by Gasteiger charge is 2.17. The van der Waals surface area contributed by atoms with Crippen LogP contribution in [0.25, 0.3) is 0 Å². The summed E-state index contributed by atoms with van der Waals surface area (Å²) in [5.41, 5.74) is 2.75. The molecule has 0 unspecified atom stereocenters. The molecule has 0 saturated heterocycles. The first-order valence-electron chi connectivity index (χ1n) is 4.57. The summed E-state index contributed by atoms with van der Waals surface area (Å²) in [5, 5.41) is 3.22. The third kappa shape index (κ3) is 1.48. The lowest BCUT2D eigenvalue weighted by molar-refractivity contribution is 0.0598. The molecule has 2 rings (SSSR count). The van der Waals surface area contributed by atoms with Crippen molar-refractivity contribution in [2.24, 2.45) is 0 Å². The largest absolute Gasteiger partial charge is 0.465 e. The van der Waals surface area contributed by atoms with Crippen LogP contribution in [0.4, 0.5) is 0 Å². The van der Waals surface area contributed by atoms with Gasteiger partial charge in [0.15, 0.2) is 0 Å². The maximum absolute atomic E-state index is 11.4. The summed E-state index contributed by atoms with van der Waals surface area (Å²) in [4.78, 5) is 15.4. The Kier molecular flexibility index (Phi) is 2.45. The van der Waals surface area contributed by atoms with Crippen molar-refractivity contribution >= 4 is 5.97 Å². The molecule has 1 aliphatic rings. The van der Waals surface area contributed by atoms with E-state index in [1.807, 2.05) is 6.20 Å². The van der Waals surface area contributed by atoms with Crippen LogP contribution in [0.15, 0.2) is 12.4 Å². The van der Waals surface area contributed by atoms with Crippen LogP contribution in [0.5, 0.6) is 0 Å². The number of nitrogens with one attached hydrogen (secondary N) is 1. The van der Waals surface area contributed by atoms with E-state index in [1.54, 1.807) is 6.20 Å². The van der Waals surface area contributed by atoms with Crippen molar-refractivity contribution in [3.05, 3.63) is 29.1 Å². The fraction of sp³-hybridized carbons (Fsp3) is 0.400. The highest BCUT2D eigenvalue weighted by molar-refractivity contribution is 5.91. The van der Waals surface area contributed by atoms with Crippen molar-refractivity contribution in [1.82, 2.24) is 10.3 Å². The quantitative estimate of drug-likeness (QED) is 0.659. The third-order valence-electron chi connectivity index (χ3n) is 2.42. The van der Waals surface area contributed by atoms with Crippen LogP contribution in [0.3, 0.4) is 0 Å². The van der Waals surface area contributed by atoms with E-state index in [1.165, 1.54) is 7.11 Å². The van der Waals surface area contributed by atoms with Gasteiger partial charge in [-0.1, -0.05) is 0 Å². The topological polar surface area (TPSA) is 51.2 Å². The van der Waals surface area contributed by atoms with Crippen LogP contribution in [0.1, 0.15) is 21.5 Å². The van der Waals surface area contributed by atoms with E-state index in [2.05, 4.69) is 10.3 Å². The van der Waals surface area contributed by atoms with E-state index in [9.17, 15) is 4.79 Å². The van der Waals surface area contributed by atoms with E-state index >= 15 is 0 Å². The number of hydrogen-bond acceptors (Lipinski definition) is 4. The minimum atomic E-state index is -0.307. The second kappa shape index (κ2) is 3.75. The molecule has 14 heavy (non-hydrogen) atoms. The lowest BCUT2D eigenvalue weighted by atomic mass is 9.99. The predicted molar refractivity (Wildman–Crippen MR) is 51.0 cm³/mol. The van der Waals surface area contributed by atoms with Gasteiger partial charge in [0.05, 0.1) is 12.7 Å². The van der Waals surface area contributed by atoms with Crippen molar-refractivity contribution in [2.45, 2.75) is 13.0 Å². The molecule has 0 saturated carbocycles. The number of methoxy groups -OCH3 is 1. The summed E-state index contributed by atoms with van der Waals surface area (Å²) in [6.45, 7) is 1.67. The Morgan fingerprint density at radius 2 is 2.43 bits per heavy atom. The molecule has 4 nitrogen and oxygen atoms in total. The average molecular weight is 192 g/mol. The van der Waals surface area contributed by atoms with Crippen LogP contribution in [-0.4, -0.2) is 24.6 Å². The number of carbonyl (C=O) groups excluding carboxylic acids is 1. The molecule has 0 aliphatic carbocycles. The molecule has 0 aromatic carbocycles. The Balaban J connectivity index is 2.45. The number of ether oxygens (including phenoxy) is 1. The molecule has 4 heteroatoms. The van der Waals surface area contributed by atoms with Crippen molar-refractivity contribution in [2.75, 3.05) is 13.7 Å². The smallest absolute Gasteiger partial charge is 0.339 e. The van der Waals surface area contributed by atoms with Gasteiger partial charge in [0, 0.05) is 18.9 Å². The maximum Gasteiger partial charge on any atom is 0.339 e. The number of esters is 1. The molecule has 1 N–H and O–H groups in total. The second-order valence-electron chi connectivity index (χ2n) is 3.24. The fourth-order valence-corrected chi connectivity index (χ4v) is 1.68. The predicted octanol–water partition coefficient (Wildman–Crippen LogP) is 0.514. The summed E-state index contributed by atoms with van der Waals surface area (Å²) < 4.78 is 4.70. The van der Waals surface area contributed by atoms with Crippen molar-refractivity contribution in [3.8, 4) is 0 Å². The molecule has 1 aromatic rings. The minimum absolute atomic E-state index is 0.307. The molecular formula is C10H12N2O2. The highest BCUT2D eigenvalue weighted by atomic mass is 16.5. The van der Waals surface area contributed by atoms with Gasteiger partial charge in [0.25, 0.3) is 0 Å². The van der Waals surface area contributed by atoms with Crippen molar-refractivity contribution < 1.29 is 9.53 Å².